The van der Waals surface area contributed by atoms with Crippen LogP contribution >= 0.6 is 15.9 Å². The molecule has 1 amide bonds. The van der Waals surface area contributed by atoms with E-state index in [0.29, 0.717) is 6.54 Å². The van der Waals surface area contributed by atoms with Gasteiger partial charge in [0.1, 0.15) is 5.60 Å². The molecule has 1 heterocycles. The molecule has 0 aliphatic carbocycles. The summed E-state index contributed by atoms with van der Waals surface area (Å²) in [4.78, 5) is 14.0. The van der Waals surface area contributed by atoms with Crippen LogP contribution in [0.3, 0.4) is 0 Å². The van der Waals surface area contributed by atoms with E-state index in [1.807, 2.05) is 39.0 Å². The number of benzene rings is 1. The van der Waals surface area contributed by atoms with Gasteiger partial charge in [0.25, 0.3) is 0 Å². The highest BCUT2D eigenvalue weighted by Gasteiger charge is 2.26. The van der Waals surface area contributed by atoms with Gasteiger partial charge in [-0.05, 0) is 58.2 Å². The molecule has 0 aromatic heterocycles. The van der Waals surface area contributed by atoms with Crippen LogP contribution in [0.15, 0.2) is 22.7 Å². The summed E-state index contributed by atoms with van der Waals surface area (Å²) >= 11 is 3.53. The van der Waals surface area contributed by atoms with Gasteiger partial charge in [0.2, 0.25) is 0 Å². The SMILES string of the molecule is Cc1c(Br)cccc1C#CC1CCCN(C(=O)OC(C)(C)C)C1. The van der Waals surface area contributed by atoms with Crippen LogP contribution in [-0.2, 0) is 4.74 Å². The van der Waals surface area contributed by atoms with E-state index in [1.54, 1.807) is 4.90 Å². The summed E-state index contributed by atoms with van der Waals surface area (Å²) in [6, 6.07) is 6.04. The van der Waals surface area contributed by atoms with Crippen LogP contribution in [0.2, 0.25) is 0 Å². The fourth-order valence-corrected chi connectivity index (χ4v) is 2.88. The molecule has 0 spiro atoms. The predicted octanol–water partition coefficient (Wildman–Crippen LogP) is 4.76. The van der Waals surface area contributed by atoms with E-state index >= 15 is 0 Å². The lowest BCUT2D eigenvalue weighted by Crippen LogP contribution is -2.42. The lowest BCUT2D eigenvalue weighted by molar-refractivity contribution is 0.0190. The Labute approximate surface area is 147 Å². The van der Waals surface area contributed by atoms with E-state index in [-0.39, 0.29) is 12.0 Å². The molecule has 1 aromatic carbocycles. The highest BCUT2D eigenvalue weighted by Crippen LogP contribution is 2.21. The number of halogens is 1. The van der Waals surface area contributed by atoms with Gasteiger partial charge in [0.05, 0.1) is 0 Å². The molecule has 0 saturated carbocycles. The van der Waals surface area contributed by atoms with E-state index in [4.69, 9.17) is 4.74 Å². The van der Waals surface area contributed by atoms with E-state index in [9.17, 15) is 4.79 Å². The number of hydrogen-bond donors (Lipinski definition) is 0. The number of hydrogen-bond acceptors (Lipinski definition) is 2. The summed E-state index contributed by atoms with van der Waals surface area (Å²) in [6.07, 6.45) is 1.76. The second-order valence-electron chi connectivity index (χ2n) is 6.95. The standard InChI is InChI=1S/C19H24BrNO2/c1-14-16(8-5-9-17(14)20)11-10-15-7-6-12-21(13-15)18(22)23-19(2,3)4/h5,8-9,15H,6-7,12-13H2,1-4H3. The van der Waals surface area contributed by atoms with Crippen molar-refractivity contribution < 1.29 is 9.53 Å². The first-order chi connectivity index (χ1) is 10.8. The molecule has 1 atom stereocenters. The Morgan fingerprint density at radius 3 is 2.83 bits per heavy atom. The average molecular weight is 378 g/mol. The number of carbonyl (C=O) groups is 1. The number of likely N-dealkylation sites (tertiary alicyclic amines) is 1. The molecule has 2 rings (SSSR count). The number of piperidine rings is 1. The molecule has 0 radical (unpaired) electrons. The molecule has 3 nitrogen and oxygen atoms in total. The van der Waals surface area contributed by atoms with Gasteiger partial charge >= 0.3 is 6.09 Å². The van der Waals surface area contributed by atoms with Crippen molar-refractivity contribution in [1.82, 2.24) is 4.90 Å². The van der Waals surface area contributed by atoms with Crippen LogP contribution in [-0.4, -0.2) is 29.7 Å². The number of carbonyl (C=O) groups excluding carboxylic acids is 1. The van der Waals surface area contributed by atoms with Crippen LogP contribution in [0.1, 0.15) is 44.7 Å². The predicted molar refractivity (Wildman–Crippen MR) is 96.3 cm³/mol. The fraction of sp³-hybridized carbons (Fsp3) is 0.526. The molecular formula is C19H24BrNO2. The molecule has 23 heavy (non-hydrogen) atoms. The van der Waals surface area contributed by atoms with Gasteiger partial charge in [-0.2, -0.15) is 0 Å². The third-order valence-corrected chi connectivity index (χ3v) is 4.61. The minimum absolute atomic E-state index is 0.203. The summed E-state index contributed by atoms with van der Waals surface area (Å²) in [7, 11) is 0. The van der Waals surface area contributed by atoms with Crippen molar-refractivity contribution in [3.8, 4) is 11.8 Å². The van der Waals surface area contributed by atoms with Crippen molar-refractivity contribution >= 4 is 22.0 Å². The van der Waals surface area contributed by atoms with Crippen LogP contribution in [0, 0.1) is 24.7 Å². The first-order valence-electron chi connectivity index (χ1n) is 8.01. The van der Waals surface area contributed by atoms with Gasteiger partial charge in [0.15, 0.2) is 0 Å². The quantitative estimate of drug-likeness (QED) is 0.610. The zero-order valence-corrected chi connectivity index (χ0v) is 15.9. The molecule has 1 fully saturated rings. The molecule has 1 aliphatic rings. The van der Waals surface area contributed by atoms with Gasteiger partial charge in [-0.25, -0.2) is 4.79 Å². The van der Waals surface area contributed by atoms with Crippen molar-refractivity contribution in [2.24, 2.45) is 5.92 Å². The molecule has 124 valence electrons. The average Bonchev–Trinajstić information content (AvgIpc) is 2.47. The molecule has 1 saturated heterocycles. The fourth-order valence-electron chi connectivity index (χ4n) is 2.51. The van der Waals surface area contributed by atoms with Crippen molar-refractivity contribution in [2.45, 2.75) is 46.1 Å². The first-order valence-corrected chi connectivity index (χ1v) is 8.80. The van der Waals surface area contributed by atoms with Crippen LogP contribution in [0.4, 0.5) is 4.79 Å². The Morgan fingerprint density at radius 2 is 2.13 bits per heavy atom. The van der Waals surface area contributed by atoms with Gasteiger partial charge in [0, 0.05) is 29.0 Å². The second-order valence-corrected chi connectivity index (χ2v) is 7.80. The van der Waals surface area contributed by atoms with Gasteiger partial charge in [-0.1, -0.05) is 33.8 Å². The zero-order chi connectivity index (χ0) is 17.0. The lowest BCUT2D eigenvalue weighted by Gasteiger charge is -2.32. The summed E-state index contributed by atoms with van der Waals surface area (Å²) in [5, 5.41) is 0. The first kappa shape index (κ1) is 17.9. The third-order valence-electron chi connectivity index (χ3n) is 3.75. The normalized spacial score (nSPS) is 18.1. The maximum atomic E-state index is 12.2. The third kappa shape index (κ3) is 5.28. The number of nitrogens with zero attached hydrogens (tertiary/aromatic N) is 1. The van der Waals surface area contributed by atoms with Crippen LogP contribution in [0.25, 0.3) is 0 Å². The smallest absolute Gasteiger partial charge is 0.410 e. The summed E-state index contributed by atoms with van der Waals surface area (Å²) in [5.41, 5.74) is 1.73. The molecule has 1 unspecified atom stereocenters. The van der Waals surface area contributed by atoms with E-state index in [2.05, 4.69) is 34.7 Å². The van der Waals surface area contributed by atoms with Crippen molar-refractivity contribution in [3.63, 3.8) is 0 Å². The summed E-state index contributed by atoms with van der Waals surface area (Å²) in [6.45, 7) is 9.13. The second kappa shape index (κ2) is 7.40. The Bertz CT molecular complexity index is 637. The largest absolute Gasteiger partial charge is 0.444 e. The highest BCUT2D eigenvalue weighted by molar-refractivity contribution is 9.10. The van der Waals surface area contributed by atoms with E-state index in [1.165, 1.54) is 0 Å². The van der Waals surface area contributed by atoms with Crippen LogP contribution < -0.4 is 0 Å². The molecule has 1 aromatic rings. The molecule has 1 aliphatic heterocycles. The number of rotatable bonds is 0. The van der Waals surface area contributed by atoms with Crippen molar-refractivity contribution in [3.05, 3.63) is 33.8 Å². The molecule has 0 bridgehead atoms. The molecule has 4 heteroatoms. The number of ether oxygens (including phenoxy) is 1. The van der Waals surface area contributed by atoms with Crippen molar-refractivity contribution in [2.75, 3.05) is 13.1 Å². The minimum atomic E-state index is -0.455. The van der Waals surface area contributed by atoms with Crippen molar-refractivity contribution in [1.29, 1.82) is 0 Å². The van der Waals surface area contributed by atoms with E-state index < -0.39 is 5.60 Å². The van der Waals surface area contributed by atoms with Gasteiger partial charge in [-0.3, -0.25) is 0 Å². The molecular weight excluding hydrogens is 354 g/mol. The summed E-state index contributed by atoms with van der Waals surface area (Å²) < 4.78 is 6.53. The Kier molecular flexibility index (Phi) is 5.75. The monoisotopic (exact) mass is 377 g/mol. The zero-order valence-electron chi connectivity index (χ0n) is 14.3. The Morgan fingerprint density at radius 1 is 1.39 bits per heavy atom. The Balaban J connectivity index is 2.04. The maximum absolute atomic E-state index is 12.2. The Hall–Kier alpha value is -1.47. The van der Waals surface area contributed by atoms with Gasteiger partial charge < -0.3 is 9.64 Å². The van der Waals surface area contributed by atoms with Gasteiger partial charge in [-0.15, -0.1) is 0 Å². The van der Waals surface area contributed by atoms with Crippen LogP contribution in [0.5, 0.6) is 0 Å². The topological polar surface area (TPSA) is 29.5 Å². The van der Waals surface area contributed by atoms with E-state index in [0.717, 1.165) is 35.0 Å². The highest BCUT2D eigenvalue weighted by atomic mass is 79.9. The minimum Gasteiger partial charge on any atom is -0.444 e. The molecule has 0 N–H and O–H groups in total. The lowest BCUT2D eigenvalue weighted by atomic mass is 9.98. The summed E-state index contributed by atoms with van der Waals surface area (Å²) in [5.74, 6) is 6.81. The maximum Gasteiger partial charge on any atom is 0.410 e. The number of amides is 1.